The molecule has 4 nitrogen and oxygen atoms in total. The predicted molar refractivity (Wildman–Crippen MR) is 62.5 cm³/mol. The molecule has 0 unspecified atom stereocenters. The van der Waals surface area contributed by atoms with Crippen LogP contribution >= 0.6 is 0 Å². The Balaban J connectivity index is 2.02. The number of benzene rings is 1. The molecule has 0 aliphatic heterocycles. The van der Waals surface area contributed by atoms with E-state index in [0.717, 1.165) is 29.7 Å². The van der Waals surface area contributed by atoms with Crippen molar-refractivity contribution in [3.05, 3.63) is 24.1 Å². The average molecular weight is 220 g/mol. The van der Waals surface area contributed by atoms with Gasteiger partial charge in [0.05, 0.1) is 6.61 Å². The van der Waals surface area contributed by atoms with E-state index in [0.29, 0.717) is 19.0 Å². The van der Waals surface area contributed by atoms with Gasteiger partial charge in [-0.1, -0.05) is 0 Å². The van der Waals surface area contributed by atoms with E-state index in [4.69, 9.17) is 14.9 Å². The first kappa shape index (κ1) is 11.0. The SMILES string of the molecule is Cc1nc2ccc(OCCCCN)cc2o1. The van der Waals surface area contributed by atoms with E-state index in [1.165, 1.54) is 0 Å². The molecule has 0 saturated carbocycles. The molecule has 0 bridgehead atoms. The van der Waals surface area contributed by atoms with Gasteiger partial charge in [0.15, 0.2) is 11.5 Å². The quantitative estimate of drug-likeness (QED) is 0.785. The number of rotatable bonds is 5. The second-order valence-electron chi connectivity index (χ2n) is 3.71. The summed E-state index contributed by atoms with van der Waals surface area (Å²) < 4.78 is 11.0. The predicted octanol–water partition coefficient (Wildman–Crippen LogP) is 2.25. The Hall–Kier alpha value is -1.55. The summed E-state index contributed by atoms with van der Waals surface area (Å²) in [6.45, 7) is 3.24. The fraction of sp³-hybridized carbons (Fsp3) is 0.417. The van der Waals surface area contributed by atoms with Crippen molar-refractivity contribution in [2.45, 2.75) is 19.8 Å². The van der Waals surface area contributed by atoms with E-state index >= 15 is 0 Å². The Morgan fingerprint density at radius 2 is 2.25 bits per heavy atom. The fourth-order valence-electron chi connectivity index (χ4n) is 1.55. The Bertz CT molecular complexity index is 465. The third-order valence-corrected chi connectivity index (χ3v) is 2.33. The second kappa shape index (κ2) is 4.99. The van der Waals surface area contributed by atoms with Crippen LogP contribution < -0.4 is 10.5 Å². The van der Waals surface area contributed by atoms with Gasteiger partial charge in [-0.3, -0.25) is 0 Å². The normalized spacial score (nSPS) is 10.9. The van der Waals surface area contributed by atoms with Crippen molar-refractivity contribution >= 4 is 11.1 Å². The first-order chi connectivity index (χ1) is 7.79. The number of aryl methyl sites for hydroxylation is 1. The van der Waals surface area contributed by atoms with Crippen LogP contribution in [-0.2, 0) is 0 Å². The van der Waals surface area contributed by atoms with Crippen LogP contribution in [0.5, 0.6) is 5.75 Å². The summed E-state index contributed by atoms with van der Waals surface area (Å²) in [5.74, 6) is 1.50. The van der Waals surface area contributed by atoms with Gasteiger partial charge in [-0.05, 0) is 31.5 Å². The number of nitrogens with zero attached hydrogens (tertiary/aromatic N) is 1. The van der Waals surface area contributed by atoms with E-state index in [9.17, 15) is 0 Å². The van der Waals surface area contributed by atoms with Crippen molar-refractivity contribution in [2.24, 2.45) is 5.73 Å². The minimum atomic E-state index is 0.676. The molecule has 0 radical (unpaired) electrons. The van der Waals surface area contributed by atoms with Gasteiger partial charge in [-0.25, -0.2) is 4.98 Å². The molecule has 2 N–H and O–H groups in total. The van der Waals surface area contributed by atoms with Crippen LogP contribution in [0.4, 0.5) is 0 Å². The number of nitrogens with two attached hydrogens (primary N) is 1. The molecule has 0 aliphatic carbocycles. The third kappa shape index (κ3) is 2.52. The number of aromatic nitrogens is 1. The second-order valence-corrected chi connectivity index (χ2v) is 3.71. The minimum Gasteiger partial charge on any atom is -0.493 e. The van der Waals surface area contributed by atoms with E-state index in [1.54, 1.807) is 0 Å². The Morgan fingerprint density at radius 3 is 3.06 bits per heavy atom. The molecule has 2 aromatic rings. The number of hydrogen-bond donors (Lipinski definition) is 1. The molecule has 0 saturated heterocycles. The maximum atomic E-state index is 5.58. The molecule has 16 heavy (non-hydrogen) atoms. The van der Waals surface area contributed by atoms with E-state index in [2.05, 4.69) is 4.98 Å². The fourth-order valence-corrected chi connectivity index (χ4v) is 1.55. The number of unbranched alkanes of at least 4 members (excludes halogenated alkanes) is 1. The Morgan fingerprint density at radius 1 is 1.38 bits per heavy atom. The molecular weight excluding hydrogens is 204 g/mol. The molecule has 1 heterocycles. The zero-order valence-corrected chi connectivity index (χ0v) is 9.40. The summed E-state index contributed by atoms with van der Waals surface area (Å²) in [5.41, 5.74) is 7.05. The minimum absolute atomic E-state index is 0.676. The van der Waals surface area contributed by atoms with E-state index < -0.39 is 0 Å². The molecule has 86 valence electrons. The highest BCUT2D eigenvalue weighted by molar-refractivity contribution is 5.74. The summed E-state index contributed by atoms with van der Waals surface area (Å²) >= 11 is 0. The lowest BCUT2D eigenvalue weighted by molar-refractivity contribution is 0.308. The van der Waals surface area contributed by atoms with Crippen molar-refractivity contribution in [3.8, 4) is 5.75 Å². The Kier molecular flexibility index (Phi) is 3.41. The summed E-state index contributed by atoms with van der Waals surface area (Å²) in [7, 11) is 0. The molecule has 0 spiro atoms. The van der Waals surface area contributed by atoms with Crippen LogP contribution in [0.3, 0.4) is 0 Å². The average Bonchev–Trinajstić information content (AvgIpc) is 2.64. The van der Waals surface area contributed by atoms with Crippen LogP contribution in [0.2, 0.25) is 0 Å². The first-order valence-corrected chi connectivity index (χ1v) is 5.49. The van der Waals surface area contributed by atoms with Crippen LogP contribution in [-0.4, -0.2) is 18.1 Å². The number of hydrogen-bond acceptors (Lipinski definition) is 4. The van der Waals surface area contributed by atoms with Crippen molar-refractivity contribution < 1.29 is 9.15 Å². The van der Waals surface area contributed by atoms with Crippen molar-refractivity contribution in [1.82, 2.24) is 4.98 Å². The zero-order chi connectivity index (χ0) is 11.4. The smallest absolute Gasteiger partial charge is 0.192 e. The molecule has 0 amide bonds. The number of fused-ring (bicyclic) bond motifs is 1. The maximum absolute atomic E-state index is 5.58. The highest BCUT2D eigenvalue weighted by Gasteiger charge is 2.03. The summed E-state index contributed by atoms with van der Waals surface area (Å²) in [5, 5.41) is 0. The van der Waals surface area contributed by atoms with E-state index in [1.807, 2.05) is 25.1 Å². The lowest BCUT2D eigenvalue weighted by Gasteiger charge is -2.04. The maximum Gasteiger partial charge on any atom is 0.192 e. The molecule has 1 aromatic carbocycles. The van der Waals surface area contributed by atoms with Crippen LogP contribution in [0.25, 0.3) is 11.1 Å². The van der Waals surface area contributed by atoms with Gasteiger partial charge in [-0.15, -0.1) is 0 Å². The zero-order valence-electron chi connectivity index (χ0n) is 9.40. The van der Waals surface area contributed by atoms with Gasteiger partial charge in [0.1, 0.15) is 11.3 Å². The van der Waals surface area contributed by atoms with Gasteiger partial charge in [-0.2, -0.15) is 0 Å². The van der Waals surface area contributed by atoms with Crippen molar-refractivity contribution in [2.75, 3.05) is 13.2 Å². The molecule has 2 rings (SSSR count). The van der Waals surface area contributed by atoms with Crippen LogP contribution in [0, 0.1) is 6.92 Å². The monoisotopic (exact) mass is 220 g/mol. The number of ether oxygens (including phenoxy) is 1. The topological polar surface area (TPSA) is 61.3 Å². The molecule has 0 fully saturated rings. The van der Waals surface area contributed by atoms with Gasteiger partial charge < -0.3 is 14.9 Å². The molecular formula is C12H16N2O2. The summed E-state index contributed by atoms with van der Waals surface area (Å²) in [4.78, 5) is 4.23. The molecule has 1 aromatic heterocycles. The van der Waals surface area contributed by atoms with Gasteiger partial charge in [0.25, 0.3) is 0 Å². The summed E-state index contributed by atoms with van der Waals surface area (Å²) in [6.07, 6.45) is 1.97. The Labute approximate surface area is 94.4 Å². The molecule has 0 atom stereocenters. The first-order valence-electron chi connectivity index (χ1n) is 5.49. The van der Waals surface area contributed by atoms with Gasteiger partial charge in [0.2, 0.25) is 0 Å². The van der Waals surface area contributed by atoms with Crippen molar-refractivity contribution in [3.63, 3.8) is 0 Å². The summed E-state index contributed by atoms with van der Waals surface area (Å²) in [6, 6.07) is 5.69. The number of oxazole rings is 1. The van der Waals surface area contributed by atoms with Crippen LogP contribution in [0.15, 0.2) is 22.6 Å². The van der Waals surface area contributed by atoms with Crippen LogP contribution in [0.1, 0.15) is 18.7 Å². The highest BCUT2D eigenvalue weighted by Crippen LogP contribution is 2.21. The third-order valence-electron chi connectivity index (χ3n) is 2.33. The molecule has 4 heteroatoms. The molecule has 0 aliphatic rings. The lowest BCUT2D eigenvalue weighted by Crippen LogP contribution is -2.03. The lowest BCUT2D eigenvalue weighted by atomic mass is 10.3. The largest absolute Gasteiger partial charge is 0.493 e. The van der Waals surface area contributed by atoms with E-state index in [-0.39, 0.29) is 0 Å². The van der Waals surface area contributed by atoms with Gasteiger partial charge >= 0.3 is 0 Å². The standard InChI is InChI=1S/C12H16N2O2/c1-9-14-11-5-4-10(8-12(11)16-9)15-7-3-2-6-13/h4-5,8H,2-3,6-7,13H2,1H3. The highest BCUT2D eigenvalue weighted by atomic mass is 16.5. The van der Waals surface area contributed by atoms with Crippen molar-refractivity contribution in [1.29, 1.82) is 0 Å². The van der Waals surface area contributed by atoms with Gasteiger partial charge in [0, 0.05) is 13.0 Å².